The number of hydrogen-bond donors (Lipinski definition) is 0. The molecular weight excluding hydrogens is 390 g/mol. The molecule has 0 aliphatic carbocycles. The van der Waals surface area contributed by atoms with Crippen LogP contribution in [0.3, 0.4) is 0 Å². The van der Waals surface area contributed by atoms with Crippen molar-refractivity contribution in [2.24, 2.45) is 7.05 Å². The van der Waals surface area contributed by atoms with E-state index in [4.69, 9.17) is 9.47 Å². The summed E-state index contributed by atoms with van der Waals surface area (Å²) in [6.07, 6.45) is 5.21. The van der Waals surface area contributed by atoms with E-state index in [0.717, 1.165) is 39.3 Å². The van der Waals surface area contributed by atoms with Crippen LogP contribution in [0.5, 0.6) is 5.75 Å². The van der Waals surface area contributed by atoms with Crippen LogP contribution in [-0.2, 0) is 23.2 Å². The lowest BCUT2D eigenvalue weighted by molar-refractivity contribution is -0.137. The molecule has 158 valence electrons. The van der Waals surface area contributed by atoms with Gasteiger partial charge in [0.15, 0.2) is 0 Å². The summed E-state index contributed by atoms with van der Waals surface area (Å²) < 4.78 is 14.9. The SMILES string of the molecule is CCOC(=O)C=Cc1c(C)nn(C)c1-n1ccc2ccc(OCc3ccccc3)cc21. The first-order valence-electron chi connectivity index (χ1n) is 10.2. The van der Waals surface area contributed by atoms with Gasteiger partial charge in [0.05, 0.1) is 17.8 Å². The van der Waals surface area contributed by atoms with E-state index >= 15 is 0 Å². The molecule has 0 fully saturated rings. The smallest absolute Gasteiger partial charge is 0.330 e. The summed E-state index contributed by atoms with van der Waals surface area (Å²) in [6.45, 7) is 4.56. The van der Waals surface area contributed by atoms with E-state index in [9.17, 15) is 4.79 Å². The van der Waals surface area contributed by atoms with Gasteiger partial charge in [0.2, 0.25) is 0 Å². The average molecular weight is 415 g/mol. The Morgan fingerprint density at radius 3 is 2.71 bits per heavy atom. The van der Waals surface area contributed by atoms with Gasteiger partial charge in [-0.2, -0.15) is 5.10 Å². The molecule has 0 bridgehead atoms. The minimum absolute atomic E-state index is 0.343. The van der Waals surface area contributed by atoms with Gasteiger partial charge in [-0.05, 0) is 43.7 Å². The van der Waals surface area contributed by atoms with Crippen molar-refractivity contribution in [2.75, 3.05) is 6.61 Å². The molecule has 2 heterocycles. The molecule has 0 saturated carbocycles. The largest absolute Gasteiger partial charge is 0.489 e. The van der Waals surface area contributed by atoms with E-state index in [1.165, 1.54) is 6.08 Å². The van der Waals surface area contributed by atoms with Crippen molar-refractivity contribution in [2.45, 2.75) is 20.5 Å². The molecule has 0 aliphatic heterocycles. The van der Waals surface area contributed by atoms with Crippen LogP contribution in [-0.4, -0.2) is 26.9 Å². The van der Waals surface area contributed by atoms with Gasteiger partial charge in [-0.15, -0.1) is 0 Å². The van der Waals surface area contributed by atoms with Gasteiger partial charge < -0.3 is 14.0 Å². The molecular formula is C25H25N3O3. The number of benzene rings is 2. The van der Waals surface area contributed by atoms with Gasteiger partial charge in [-0.1, -0.05) is 30.3 Å². The second kappa shape index (κ2) is 8.92. The molecule has 4 rings (SSSR count). The van der Waals surface area contributed by atoms with Crippen LogP contribution in [0.25, 0.3) is 22.8 Å². The minimum Gasteiger partial charge on any atom is -0.489 e. The van der Waals surface area contributed by atoms with Gasteiger partial charge in [-0.3, -0.25) is 4.68 Å². The zero-order valence-corrected chi connectivity index (χ0v) is 17.9. The fourth-order valence-corrected chi connectivity index (χ4v) is 3.61. The summed E-state index contributed by atoms with van der Waals surface area (Å²) in [5, 5.41) is 5.65. The highest BCUT2D eigenvalue weighted by molar-refractivity contribution is 5.89. The number of esters is 1. The molecule has 0 aliphatic rings. The van der Waals surface area contributed by atoms with Crippen LogP contribution >= 0.6 is 0 Å². The van der Waals surface area contributed by atoms with E-state index in [2.05, 4.69) is 15.7 Å². The topological polar surface area (TPSA) is 58.3 Å². The molecule has 6 nitrogen and oxygen atoms in total. The van der Waals surface area contributed by atoms with Crippen molar-refractivity contribution < 1.29 is 14.3 Å². The molecule has 0 saturated heterocycles. The monoisotopic (exact) mass is 415 g/mol. The summed E-state index contributed by atoms with van der Waals surface area (Å²) in [6, 6.07) is 18.2. The summed E-state index contributed by atoms with van der Waals surface area (Å²) in [5.41, 5.74) is 3.81. The zero-order chi connectivity index (χ0) is 21.8. The van der Waals surface area contributed by atoms with Gasteiger partial charge in [0.1, 0.15) is 18.2 Å². The third kappa shape index (κ3) is 4.38. The average Bonchev–Trinajstić information content (AvgIpc) is 3.30. The van der Waals surface area contributed by atoms with Crippen molar-refractivity contribution in [1.29, 1.82) is 0 Å². The van der Waals surface area contributed by atoms with Crippen molar-refractivity contribution >= 4 is 22.9 Å². The Hall–Kier alpha value is -3.80. The van der Waals surface area contributed by atoms with E-state index in [-0.39, 0.29) is 5.97 Å². The Labute approximate surface area is 181 Å². The number of rotatable bonds is 7. The Morgan fingerprint density at radius 1 is 1.13 bits per heavy atom. The molecule has 0 unspecified atom stereocenters. The quantitative estimate of drug-likeness (QED) is 0.321. The van der Waals surface area contributed by atoms with E-state index in [1.54, 1.807) is 13.0 Å². The van der Waals surface area contributed by atoms with Crippen LogP contribution in [0, 0.1) is 6.92 Å². The molecule has 0 spiro atoms. The predicted octanol–water partition coefficient (Wildman–Crippen LogP) is 4.83. The zero-order valence-electron chi connectivity index (χ0n) is 17.9. The Bertz CT molecular complexity index is 1240. The molecule has 4 aromatic rings. The maximum atomic E-state index is 11.8. The summed E-state index contributed by atoms with van der Waals surface area (Å²) in [5.74, 6) is 1.29. The van der Waals surface area contributed by atoms with Gasteiger partial charge in [0.25, 0.3) is 0 Å². The van der Waals surface area contributed by atoms with Crippen LogP contribution in [0.2, 0.25) is 0 Å². The molecule has 2 aromatic heterocycles. The summed E-state index contributed by atoms with van der Waals surface area (Å²) in [7, 11) is 1.89. The first kappa shape index (κ1) is 20.5. The van der Waals surface area contributed by atoms with Gasteiger partial charge >= 0.3 is 5.97 Å². The first-order valence-corrected chi connectivity index (χ1v) is 10.2. The number of nitrogens with zero attached hydrogens (tertiary/aromatic N) is 3. The maximum Gasteiger partial charge on any atom is 0.330 e. The first-order chi connectivity index (χ1) is 15.1. The highest BCUT2D eigenvalue weighted by Crippen LogP contribution is 2.28. The summed E-state index contributed by atoms with van der Waals surface area (Å²) >= 11 is 0. The number of aromatic nitrogens is 3. The standard InChI is InChI=1S/C25H25N3O3/c1-4-30-24(29)13-12-22-18(2)26-27(3)25(22)28-15-14-20-10-11-21(16-23(20)28)31-17-19-8-6-5-7-9-19/h5-16H,4,17H2,1-3H3. The van der Waals surface area contributed by atoms with E-state index in [1.807, 2.05) is 73.4 Å². The maximum absolute atomic E-state index is 11.8. The Morgan fingerprint density at radius 2 is 1.94 bits per heavy atom. The third-order valence-electron chi connectivity index (χ3n) is 5.05. The fourth-order valence-electron chi connectivity index (χ4n) is 3.61. The van der Waals surface area contributed by atoms with Gasteiger partial charge in [0, 0.05) is 36.3 Å². The van der Waals surface area contributed by atoms with Crippen molar-refractivity contribution in [3.8, 4) is 11.6 Å². The molecule has 0 atom stereocenters. The molecule has 0 amide bonds. The Kier molecular flexibility index (Phi) is 5.89. The lowest BCUT2D eigenvalue weighted by Gasteiger charge is -2.10. The second-order valence-corrected chi connectivity index (χ2v) is 7.21. The minimum atomic E-state index is -0.370. The normalized spacial score (nSPS) is 11.3. The van der Waals surface area contributed by atoms with Gasteiger partial charge in [-0.25, -0.2) is 4.79 Å². The van der Waals surface area contributed by atoms with Crippen LogP contribution in [0.15, 0.2) is 66.9 Å². The molecule has 0 radical (unpaired) electrons. The van der Waals surface area contributed by atoms with E-state index in [0.29, 0.717) is 13.2 Å². The molecule has 31 heavy (non-hydrogen) atoms. The lowest BCUT2D eigenvalue weighted by atomic mass is 10.2. The Balaban J connectivity index is 1.69. The number of hydrogen-bond acceptors (Lipinski definition) is 4. The predicted molar refractivity (Wildman–Crippen MR) is 121 cm³/mol. The fraction of sp³-hybridized carbons (Fsp3) is 0.200. The highest BCUT2D eigenvalue weighted by Gasteiger charge is 2.16. The van der Waals surface area contributed by atoms with E-state index < -0.39 is 0 Å². The van der Waals surface area contributed by atoms with Crippen LogP contribution < -0.4 is 4.74 Å². The van der Waals surface area contributed by atoms with Crippen LogP contribution in [0.1, 0.15) is 23.7 Å². The summed E-state index contributed by atoms with van der Waals surface area (Å²) in [4.78, 5) is 11.8. The number of carbonyl (C=O) groups is 1. The molecule has 0 N–H and O–H groups in total. The number of fused-ring (bicyclic) bond motifs is 1. The molecule has 2 aromatic carbocycles. The second-order valence-electron chi connectivity index (χ2n) is 7.21. The number of aryl methyl sites for hydroxylation is 2. The highest BCUT2D eigenvalue weighted by atomic mass is 16.5. The van der Waals surface area contributed by atoms with Crippen molar-refractivity contribution in [3.05, 3.63) is 83.7 Å². The van der Waals surface area contributed by atoms with Crippen molar-refractivity contribution in [1.82, 2.24) is 14.3 Å². The number of carbonyl (C=O) groups excluding carboxylic acids is 1. The number of ether oxygens (including phenoxy) is 2. The van der Waals surface area contributed by atoms with Crippen LogP contribution in [0.4, 0.5) is 0 Å². The molecule has 6 heteroatoms. The third-order valence-corrected chi connectivity index (χ3v) is 5.05. The lowest BCUT2D eigenvalue weighted by Crippen LogP contribution is -2.04. The van der Waals surface area contributed by atoms with Crippen molar-refractivity contribution in [3.63, 3.8) is 0 Å².